The summed E-state index contributed by atoms with van der Waals surface area (Å²) in [6, 6.07) is 9.99. The number of ketones is 1. The van der Waals surface area contributed by atoms with Crippen LogP contribution in [0.15, 0.2) is 36.4 Å². The lowest BCUT2D eigenvalue weighted by Crippen LogP contribution is -2.57. The molecule has 3 aliphatic rings. The van der Waals surface area contributed by atoms with Crippen LogP contribution in [0.3, 0.4) is 0 Å². The third-order valence-corrected chi connectivity index (χ3v) is 12.8. The number of carbonyl (C=O) groups excluding carboxylic acids is 6. The van der Waals surface area contributed by atoms with Crippen LogP contribution in [-0.2, 0) is 46.5 Å². The largest absolute Gasteiger partial charge is 0.469 e. The number of amides is 4. The van der Waals surface area contributed by atoms with Crippen LogP contribution < -0.4 is 0 Å². The third kappa shape index (κ3) is 15.1. The monoisotopic (exact) mass is 968 g/mol. The molecule has 3 atom stereocenters. The second-order valence-electron chi connectivity index (χ2n) is 18.5. The fourth-order valence-corrected chi connectivity index (χ4v) is 8.33. The SMILES string of the molecule is CC[C@@H]1C(C(=O)N(Cc2cccc(Cl)c2Cl)C2CC2)C(=O)CCN1C(=O)OC(C)(C)C.CC[C@H](CC(=O)N(Cc1cccc(Cl)c1Cl)C1CC1)N(CCC(=O)OC)C(=O)OC(C)(C)C. The summed E-state index contributed by atoms with van der Waals surface area (Å²) < 4.78 is 15.8. The van der Waals surface area contributed by atoms with Crippen molar-refractivity contribution < 1.29 is 43.0 Å². The van der Waals surface area contributed by atoms with Gasteiger partial charge in [0.25, 0.3) is 0 Å². The van der Waals surface area contributed by atoms with E-state index in [4.69, 9.17) is 60.6 Å². The zero-order valence-corrected chi connectivity index (χ0v) is 41.5. The summed E-state index contributed by atoms with van der Waals surface area (Å²) >= 11 is 25.0. The number of benzene rings is 2. The molecule has 3 fully saturated rings. The van der Waals surface area contributed by atoms with E-state index in [2.05, 4.69) is 0 Å². The Labute approximate surface area is 398 Å². The zero-order valence-electron chi connectivity index (χ0n) is 38.5. The van der Waals surface area contributed by atoms with Gasteiger partial charge in [-0.3, -0.25) is 19.2 Å². The van der Waals surface area contributed by atoms with Crippen molar-refractivity contribution >= 4 is 82.2 Å². The first kappa shape index (κ1) is 52.8. The van der Waals surface area contributed by atoms with Gasteiger partial charge in [-0.05, 0) is 103 Å². The number of methoxy groups -OCH3 is 1. The van der Waals surface area contributed by atoms with Crippen molar-refractivity contribution in [2.75, 3.05) is 20.2 Å². The topological polar surface area (TPSA) is 143 Å². The fraction of sp³-hybridized carbons (Fsp3) is 0.617. The van der Waals surface area contributed by atoms with E-state index in [0.717, 1.165) is 36.8 Å². The quantitative estimate of drug-likeness (QED) is 0.0968. The highest BCUT2D eigenvalue weighted by Crippen LogP contribution is 2.37. The highest BCUT2D eigenvalue weighted by atomic mass is 35.5. The van der Waals surface area contributed by atoms with Gasteiger partial charge in [-0.1, -0.05) is 84.5 Å². The Bertz CT molecular complexity index is 2000. The van der Waals surface area contributed by atoms with E-state index in [0.29, 0.717) is 39.5 Å². The van der Waals surface area contributed by atoms with Gasteiger partial charge in [0, 0.05) is 57.1 Å². The van der Waals surface area contributed by atoms with E-state index >= 15 is 0 Å². The molecule has 1 aliphatic heterocycles. The molecule has 1 unspecified atom stereocenters. The summed E-state index contributed by atoms with van der Waals surface area (Å²) in [4.78, 5) is 84.0. The van der Waals surface area contributed by atoms with Crippen molar-refractivity contribution in [1.29, 1.82) is 0 Å². The lowest BCUT2D eigenvalue weighted by atomic mass is 9.85. The molecule has 4 amide bonds. The van der Waals surface area contributed by atoms with Crippen molar-refractivity contribution in [2.45, 2.75) is 162 Å². The molecule has 0 aromatic heterocycles. The number of hydrogen-bond acceptors (Lipinski definition) is 9. The molecule has 0 N–H and O–H groups in total. The molecule has 2 aromatic rings. The number of piperidine rings is 1. The maximum atomic E-state index is 13.7. The number of ether oxygens (including phenoxy) is 3. The van der Waals surface area contributed by atoms with Crippen molar-refractivity contribution in [3.8, 4) is 0 Å². The lowest BCUT2D eigenvalue weighted by molar-refractivity contribution is -0.148. The maximum Gasteiger partial charge on any atom is 0.410 e. The van der Waals surface area contributed by atoms with Gasteiger partial charge in [0.2, 0.25) is 11.8 Å². The average molecular weight is 971 g/mol. The van der Waals surface area contributed by atoms with Crippen LogP contribution in [0.1, 0.15) is 124 Å². The van der Waals surface area contributed by atoms with Gasteiger partial charge in [0.05, 0.1) is 39.7 Å². The number of likely N-dealkylation sites (tertiary alicyclic amines) is 1. The van der Waals surface area contributed by atoms with E-state index in [1.54, 1.807) is 69.5 Å². The first-order valence-corrected chi connectivity index (χ1v) is 23.6. The number of nitrogens with zero attached hydrogens (tertiary/aromatic N) is 4. The minimum Gasteiger partial charge on any atom is -0.469 e. The number of esters is 1. The minimum absolute atomic E-state index is 0.0187. The predicted molar refractivity (Wildman–Crippen MR) is 248 cm³/mol. The highest BCUT2D eigenvalue weighted by Gasteiger charge is 2.47. The van der Waals surface area contributed by atoms with E-state index in [1.807, 2.05) is 36.9 Å². The van der Waals surface area contributed by atoms with Gasteiger partial charge in [0.15, 0.2) is 0 Å². The Kier molecular flexibility index (Phi) is 19.1. The van der Waals surface area contributed by atoms with Crippen LogP contribution in [-0.4, -0.2) is 111 Å². The number of carbonyl (C=O) groups is 6. The molecule has 64 heavy (non-hydrogen) atoms. The van der Waals surface area contributed by atoms with Crippen LogP contribution in [0, 0.1) is 5.92 Å². The number of Topliss-reactive ketones (excluding diaryl/α,β-unsaturated/α-hetero) is 1. The van der Waals surface area contributed by atoms with Crippen LogP contribution in [0.2, 0.25) is 20.1 Å². The Hall–Kier alpha value is -3.78. The summed E-state index contributed by atoms with van der Waals surface area (Å²) in [6.45, 7) is 15.5. The van der Waals surface area contributed by atoms with Gasteiger partial charge in [0.1, 0.15) is 22.9 Å². The number of halogens is 4. The van der Waals surface area contributed by atoms with Crippen LogP contribution >= 0.6 is 46.4 Å². The molecule has 0 spiro atoms. The van der Waals surface area contributed by atoms with Crippen LogP contribution in [0.25, 0.3) is 0 Å². The molecule has 0 bridgehead atoms. The molecule has 5 rings (SSSR count). The number of rotatable bonds is 15. The molecule has 2 saturated carbocycles. The van der Waals surface area contributed by atoms with E-state index in [9.17, 15) is 28.8 Å². The van der Waals surface area contributed by atoms with Crippen LogP contribution in [0.4, 0.5) is 9.59 Å². The minimum atomic E-state index is -0.898. The van der Waals surface area contributed by atoms with Gasteiger partial charge < -0.3 is 33.8 Å². The molecule has 2 aromatic carbocycles. The van der Waals surface area contributed by atoms with E-state index in [1.165, 1.54) is 12.0 Å². The molecular formula is C47H64Cl4N4O9. The molecule has 17 heteroatoms. The fourth-order valence-electron chi connectivity index (χ4n) is 7.57. The maximum absolute atomic E-state index is 13.7. The first-order valence-electron chi connectivity index (χ1n) is 22.0. The average Bonchev–Trinajstić information content (AvgIpc) is 4.16. The molecule has 1 heterocycles. The van der Waals surface area contributed by atoms with E-state index < -0.39 is 47.4 Å². The molecule has 354 valence electrons. The molecule has 1 saturated heterocycles. The van der Waals surface area contributed by atoms with Crippen molar-refractivity contribution in [3.63, 3.8) is 0 Å². The van der Waals surface area contributed by atoms with E-state index in [-0.39, 0.29) is 68.6 Å². The second kappa shape index (κ2) is 23.1. The predicted octanol–water partition coefficient (Wildman–Crippen LogP) is 10.5. The standard InChI is InChI=1S/C24H34Cl2N2O5.C23H30Cl2N2O4/c1-6-17(27(13-12-21(30)32-5)23(31)33-24(2,3)4)14-20(29)28(18-10-11-18)15-16-8-7-9-19(25)22(16)26;1-5-17-19(18(28)11-12-26(17)22(30)31-23(2,3)4)21(29)27(15-9-10-15)13-14-7-6-8-16(24)20(14)25/h7-9,17-18H,6,10-15H2,1-5H3;6-8,15,17,19H,5,9-13H2,1-4H3/t17-;17-,19?/m11/s1. The van der Waals surface area contributed by atoms with Crippen molar-refractivity contribution in [1.82, 2.24) is 19.6 Å². The molecular weight excluding hydrogens is 906 g/mol. The summed E-state index contributed by atoms with van der Waals surface area (Å²) in [5, 5.41) is 1.74. The third-order valence-electron chi connectivity index (χ3n) is 11.1. The Morgan fingerprint density at radius 1 is 0.781 bits per heavy atom. The number of hydrogen-bond donors (Lipinski definition) is 0. The van der Waals surface area contributed by atoms with Gasteiger partial charge in [-0.25, -0.2) is 9.59 Å². The summed E-state index contributed by atoms with van der Waals surface area (Å²) in [7, 11) is 1.30. The van der Waals surface area contributed by atoms with Crippen LogP contribution in [0.5, 0.6) is 0 Å². The normalized spacial score (nSPS) is 18.0. The van der Waals surface area contributed by atoms with Gasteiger partial charge in [-0.15, -0.1) is 0 Å². The smallest absolute Gasteiger partial charge is 0.410 e. The molecule has 13 nitrogen and oxygen atoms in total. The lowest BCUT2D eigenvalue weighted by Gasteiger charge is -2.41. The highest BCUT2D eigenvalue weighted by molar-refractivity contribution is 6.43. The summed E-state index contributed by atoms with van der Waals surface area (Å²) in [5.41, 5.74) is 0.174. The first-order chi connectivity index (χ1) is 30.0. The van der Waals surface area contributed by atoms with Gasteiger partial charge >= 0.3 is 18.2 Å². The van der Waals surface area contributed by atoms with Crippen molar-refractivity contribution in [2.24, 2.45) is 5.92 Å². The zero-order chi connectivity index (χ0) is 47.7. The Balaban J connectivity index is 0.000000281. The Morgan fingerprint density at radius 3 is 1.77 bits per heavy atom. The molecule has 2 aliphatic carbocycles. The Morgan fingerprint density at radius 2 is 1.30 bits per heavy atom. The van der Waals surface area contributed by atoms with Crippen molar-refractivity contribution in [3.05, 3.63) is 67.6 Å². The van der Waals surface area contributed by atoms with Gasteiger partial charge in [-0.2, -0.15) is 0 Å². The second-order valence-corrected chi connectivity index (χ2v) is 20.1. The summed E-state index contributed by atoms with van der Waals surface area (Å²) in [5.74, 6) is -1.78. The summed E-state index contributed by atoms with van der Waals surface area (Å²) in [6.07, 6.45) is 3.88. The molecule has 0 radical (unpaired) electrons.